The van der Waals surface area contributed by atoms with Crippen LogP contribution in [0.15, 0.2) is 60.0 Å². The number of benzene rings is 2. The minimum Gasteiger partial charge on any atom is -0.486 e. The molecule has 0 saturated heterocycles. The molecule has 0 bridgehead atoms. The van der Waals surface area contributed by atoms with Gasteiger partial charge in [-0.15, -0.1) is 11.3 Å². The van der Waals surface area contributed by atoms with Crippen LogP contribution in [0.5, 0.6) is 5.75 Å². The molecular formula is C22H23ClN2O4S2. The van der Waals surface area contributed by atoms with E-state index in [9.17, 15) is 13.2 Å². The van der Waals surface area contributed by atoms with E-state index in [2.05, 4.69) is 10.3 Å². The molecule has 3 aromatic rings. The third kappa shape index (κ3) is 8.32. The standard InChI is InChI=1S/C22H23ClN2O4S2/c23-18-7-9-20(10-8-18)29-14-22-25-19(15-30-22)13-21(26)24-11-4-12-31(27,28)16-17-5-2-1-3-6-17/h1-3,5-10,15H,4,11-14,16H2,(H,24,26). The summed E-state index contributed by atoms with van der Waals surface area (Å²) < 4.78 is 30.0. The summed E-state index contributed by atoms with van der Waals surface area (Å²) in [5.41, 5.74) is 1.43. The van der Waals surface area contributed by atoms with E-state index in [1.807, 2.05) is 23.6 Å². The maximum absolute atomic E-state index is 12.2. The van der Waals surface area contributed by atoms with Crippen molar-refractivity contribution in [2.75, 3.05) is 12.3 Å². The van der Waals surface area contributed by atoms with Crippen LogP contribution in [0.2, 0.25) is 5.02 Å². The Hall–Kier alpha value is -2.42. The van der Waals surface area contributed by atoms with Crippen LogP contribution in [-0.4, -0.2) is 31.6 Å². The molecular weight excluding hydrogens is 456 g/mol. The Balaban J connectivity index is 1.35. The number of nitrogens with one attached hydrogen (secondary N) is 1. The van der Waals surface area contributed by atoms with Gasteiger partial charge in [-0.2, -0.15) is 0 Å². The lowest BCUT2D eigenvalue weighted by molar-refractivity contribution is -0.120. The predicted molar refractivity (Wildman–Crippen MR) is 123 cm³/mol. The smallest absolute Gasteiger partial charge is 0.226 e. The fourth-order valence-electron chi connectivity index (χ4n) is 2.82. The average molecular weight is 479 g/mol. The van der Waals surface area contributed by atoms with E-state index >= 15 is 0 Å². The Morgan fingerprint density at radius 1 is 1.10 bits per heavy atom. The summed E-state index contributed by atoms with van der Waals surface area (Å²) in [5.74, 6) is 0.559. The summed E-state index contributed by atoms with van der Waals surface area (Å²) in [6.07, 6.45) is 0.520. The minimum atomic E-state index is -3.20. The molecule has 1 heterocycles. The van der Waals surface area contributed by atoms with Gasteiger partial charge >= 0.3 is 0 Å². The average Bonchev–Trinajstić information content (AvgIpc) is 3.18. The SMILES string of the molecule is O=C(Cc1csc(COc2ccc(Cl)cc2)n1)NCCCS(=O)(=O)Cc1ccccc1. The van der Waals surface area contributed by atoms with Crippen LogP contribution >= 0.6 is 22.9 Å². The lowest BCUT2D eigenvalue weighted by Gasteiger charge is -2.06. The van der Waals surface area contributed by atoms with E-state index in [0.717, 1.165) is 10.6 Å². The molecule has 9 heteroatoms. The summed E-state index contributed by atoms with van der Waals surface area (Å²) in [6.45, 7) is 0.622. The summed E-state index contributed by atoms with van der Waals surface area (Å²) in [6, 6.07) is 16.1. The van der Waals surface area contributed by atoms with E-state index in [0.29, 0.717) is 36.0 Å². The second-order valence-corrected chi connectivity index (χ2v) is 10.5. The van der Waals surface area contributed by atoms with Crippen molar-refractivity contribution in [3.63, 3.8) is 0 Å². The molecule has 2 aromatic carbocycles. The number of ether oxygens (including phenoxy) is 1. The van der Waals surface area contributed by atoms with Crippen LogP contribution < -0.4 is 10.1 Å². The number of carbonyl (C=O) groups excluding carboxylic acids is 1. The Kier molecular flexibility index (Phi) is 8.45. The van der Waals surface area contributed by atoms with E-state index in [1.54, 1.807) is 36.4 Å². The van der Waals surface area contributed by atoms with Crippen LogP contribution in [-0.2, 0) is 33.4 Å². The van der Waals surface area contributed by atoms with E-state index in [1.165, 1.54) is 11.3 Å². The quantitative estimate of drug-likeness (QED) is 0.420. The maximum atomic E-state index is 12.2. The second-order valence-electron chi connectivity index (χ2n) is 6.93. The molecule has 3 rings (SSSR count). The number of thiazole rings is 1. The zero-order valence-corrected chi connectivity index (χ0v) is 19.2. The van der Waals surface area contributed by atoms with E-state index in [-0.39, 0.29) is 23.8 Å². The van der Waals surface area contributed by atoms with Gasteiger partial charge in [0, 0.05) is 16.9 Å². The maximum Gasteiger partial charge on any atom is 0.226 e. The van der Waals surface area contributed by atoms with Gasteiger partial charge in [-0.1, -0.05) is 41.9 Å². The van der Waals surface area contributed by atoms with Gasteiger partial charge in [0.25, 0.3) is 0 Å². The topological polar surface area (TPSA) is 85.4 Å². The first-order valence-corrected chi connectivity index (χ1v) is 12.8. The molecule has 0 fully saturated rings. The van der Waals surface area contributed by atoms with Gasteiger partial charge in [-0.25, -0.2) is 13.4 Å². The molecule has 0 radical (unpaired) electrons. The van der Waals surface area contributed by atoms with Crippen molar-refractivity contribution in [2.24, 2.45) is 0 Å². The molecule has 0 aliphatic carbocycles. The molecule has 0 saturated carbocycles. The molecule has 6 nitrogen and oxygen atoms in total. The molecule has 0 spiro atoms. The number of halogens is 1. The highest BCUT2D eigenvalue weighted by Crippen LogP contribution is 2.18. The number of carbonyl (C=O) groups is 1. The minimum absolute atomic E-state index is 0.0154. The Morgan fingerprint density at radius 2 is 1.84 bits per heavy atom. The third-order valence-corrected chi connectivity index (χ3v) is 7.11. The first kappa shape index (κ1) is 23.2. The van der Waals surface area contributed by atoms with Crippen molar-refractivity contribution in [3.8, 4) is 5.75 Å². The first-order chi connectivity index (χ1) is 14.9. The Bertz CT molecular complexity index is 1080. The van der Waals surface area contributed by atoms with Gasteiger partial charge in [0.2, 0.25) is 5.91 Å². The highest BCUT2D eigenvalue weighted by molar-refractivity contribution is 7.90. The van der Waals surface area contributed by atoms with Crippen molar-refractivity contribution in [2.45, 2.75) is 25.2 Å². The first-order valence-electron chi connectivity index (χ1n) is 9.72. The number of aromatic nitrogens is 1. The second kappa shape index (κ2) is 11.3. The van der Waals surface area contributed by atoms with Crippen LogP contribution in [0, 0.1) is 0 Å². The van der Waals surface area contributed by atoms with Crippen LogP contribution in [0.25, 0.3) is 0 Å². The monoisotopic (exact) mass is 478 g/mol. The van der Waals surface area contributed by atoms with Gasteiger partial charge in [0.15, 0.2) is 9.84 Å². The number of nitrogens with zero attached hydrogens (tertiary/aromatic N) is 1. The fourth-order valence-corrected chi connectivity index (χ4v) is 5.08. The fraction of sp³-hybridized carbons (Fsp3) is 0.273. The normalized spacial score (nSPS) is 11.3. The number of sulfone groups is 1. The molecule has 31 heavy (non-hydrogen) atoms. The summed E-state index contributed by atoms with van der Waals surface area (Å²) in [4.78, 5) is 16.5. The number of amides is 1. The van der Waals surface area contributed by atoms with Crippen LogP contribution in [0.1, 0.15) is 22.7 Å². The molecule has 0 atom stereocenters. The lowest BCUT2D eigenvalue weighted by atomic mass is 10.2. The van der Waals surface area contributed by atoms with E-state index < -0.39 is 9.84 Å². The highest BCUT2D eigenvalue weighted by atomic mass is 35.5. The largest absolute Gasteiger partial charge is 0.486 e. The van der Waals surface area contributed by atoms with Gasteiger partial charge in [-0.05, 0) is 36.2 Å². The number of hydrogen-bond donors (Lipinski definition) is 1. The lowest BCUT2D eigenvalue weighted by Crippen LogP contribution is -2.27. The summed E-state index contributed by atoms with van der Waals surface area (Å²) in [5, 5.41) is 5.99. The van der Waals surface area contributed by atoms with Gasteiger partial charge in [0.05, 0.1) is 23.6 Å². The van der Waals surface area contributed by atoms with Crippen molar-refractivity contribution >= 4 is 38.7 Å². The van der Waals surface area contributed by atoms with Gasteiger partial charge < -0.3 is 10.1 Å². The van der Waals surface area contributed by atoms with Crippen LogP contribution in [0.4, 0.5) is 0 Å². The number of rotatable bonds is 11. The Labute approximate surface area is 191 Å². The molecule has 0 aliphatic rings. The molecule has 1 amide bonds. The number of hydrogen-bond acceptors (Lipinski definition) is 6. The molecule has 1 N–H and O–H groups in total. The van der Waals surface area contributed by atoms with Crippen molar-refractivity contribution in [1.29, 1.82) is 0 Å². The molecule has 164 valence electrons. The Morgan fingerprint density at radius 3 is 2.58 bits per heavy atom. The molecule has 0 aliphatic heterocycles. The summed E-state index contributed by atoms with van der Waals surface area (Å²) in [7, 11) is -3.20. The predicted octanol–water partition coefficient (Wildman–Crippen LogP) is 4.04. The molecule has 1 aromatic heterocycles. The van der Waals surface area contributed by atoms with Crippen LogP contribution in [0.3, 0.4) is 0 Å². The van der Waals surface area contributed by atoms with Gasteiger partial charge in [-0.3, -0.25) is 4.79 Å². The highest BCUT2D eigenvalue weighted by Gasteiger charge is 2.13. The zero-order chi connectivity index (χ0) is 22.1. The van der Waals surface area contributed by atoms with Crippen molar-refractivity contribution in [3.05, 3.63) is 81.3 Å². The van der Waals surface area contributed by atoms with E-state index in [4.69, 9.17) is 16.3 Å². The summed E-state index contributed by atoms with van der Waals surface area (Å²) >= 11 is 7.27. The van der Waals surface area contributed by atoms with Gasteiger partial charge in [0.1, 0.15) is 17.4 Å². The van der Waals surface area contributed by atoms with Crippen molar-refractivity contribution < 1.29 is 17.9 Å². The third-order valence-electron chi connectivity index (χ3n) is 4.30. The van der Waals surface area contributed by atoms with Crippen molar-refractivity contribution in [1.82, 2.24) is 10.3 Å². The molecule has 0 unspecified atom stereocenters. The zero-order valence-electron chi connectivity index (χ0n) is 16.8.